The predicted octanol–water partition coefficient (Wildman–Crippen LogP) is 5.34. The van der Waals surface area contributed by atoms with Crippen LogP contribution in [0.4, 0.5) is 0 Å². The van der Waals surface area contributed by atoms with Gasteiger partial charge in [0.2, 0.25) is 6.29 Å². The number of hydrogen-bond acceptors (Lipinski definition) is 4. The van der Waals surface area contributed by atoms with Crippen LogP contribution in [0.1, 0.15) is 86.5 Å². The zero-order valence-electron chi connectivity index (χ0n) is 18.3. The van der Waals surface area contributed by atoms with Gasteiger partial charge in [0.05, 0.1) is 24.2 Å². The number of carbonyl (C=O) groups is 1. The van der Waals surface area contributed by atoms with Crippen molar-refractivity contribution >= 4 is 5.97 Å². The van der Waals surface area contributed by atoms with Gasteiger partial charge in [-0.15, -0.1) is 0 Å². The highest BCUT2D eigenvalue weighted by Crippen LogP contribution is 2.57. The molecule has 0 amide bonds. The summed E-state index contributed by atoms with van der Waals surface area (Å²) >= 11 is 0. The summed E-state index contributed by atoms with van der Waals surface area (Å²) in [6.45, 7) is 13.1. The van der Waals surface area contributed by atoms with Gasteiger partial charge in [0.15, 0.2) is 0 Å². The Balaban J connectivity index is 1.49. The van der Waals surface area contributed by atoms with E-state index in [9.17, 15) is 4.79 Å². The van der Waals surface area contributed by atoms with E-state index in [1.54, 1.807) is 0 Å². The lowest BCUT2D eigenvalue weighted by Gasteiger charge is -2.56. The lowest BCUT2D eigenvalue weighted by Crippen LogP contribution is -2.52. The number of rotatable bonds is 8. The summed E-state index contributed by atoms with van der Waals surface area (Å²) in [5.41, 5.74) is -0.640. The van der Waals surface area contributed by atoms with E-state index in [1.807, 2.05) is 41.5 Å². The van der Waals surface area contributed by atoms with Crippen molar-refractivity contribution in [3.05, 3.63) is 0 Å². The summed E-state index contributed by atoms with van der Waals surface area (Å²) in [6.07, 6.45) is 8.19. The minimum Gasteiger partial charge on any atom is -0.435 e. The van der Waals surface area contributed by atoms with Gasteiger partial charge in [-0.3, -0.25) is 4.79 Å². The van der Waals surface area contributed by atoms with Crippen LogP contribution in [0.25, 0.3) is 0 Å². The molecule has 0 radical (unpaired) electrons. The van der Waals surface area contributed by atoms with Gasteiger partial charge < -0.3 is 14.2 Å². The van der Waals surface area contributed by atoms with Crippen molar-refractivity contribution in [2.45, 2.75) is 98.4 Å². The van der Waals surface area contributed by atoms with E-state index in [-0.39, 0.29) is 17.0 Å². The van der Waals surface area contributed by atoms with Crippen molar-refractivity contribution in [3.8, 4) is 0 Å². The molecule has 0 spiro atoms. The molecule has 0 aromatic rings. The van der Waals surface area contributed by atoms with Crippen LogP contribution in [0.3, 0.4) is 0 Å². The second-order valence-corrected chi connectivity index (χ2v) is 11.2. The highest BCUT2D eigenvalue weighted by molar-refractivity contribution is 5.75. The average Bonchev–Trinajstić information content (AvgIpc) is 2.55. The second-order valence-electron chi connectivity index (χ2n) is 11.2. The molecule has 0 saturated heterocycles. The van der Waals surface area contributed by atoms with Crippen molar-refractivity contribution < 1.29 is 19.0 Å². The van der Waals surface area contributed by atoms with Crippen molar-refractivity contribution in [2.75, 3.05) is 13.2 Å². The van der Waals surface area contributed by atoms with Crippen LogP contribution in [0.2, 0.25) is 0 Å². The molecule has 0 heterocycles. The van der Waals surface area contributed by atoms with Crippen molar-refractivity contribution in [2.24, 2.45) is 28.6 Å². The van der Waals surface area contributed by atoms with E-state index in [4.69, 9.17) is 14.2 Å². The van der Waals surface area contributed by atoms with Gasteiger partial charge in [-0.05, 0) is 76.5 Å². The van der Waals surface area contributed by atoms with E-state index < -0.39 is 11.7 Å². The fourth-order valence-corrected chi connectivity index (χ4v) is 5.48. The quantitative estimate of drug-likeness (QED) is 0.324. The zero-order valence-corrected chi connectivity index (χ0v) is 18.3. The number of carbonyl (C=O) groups excluding carboxylic acids is 1. The first-order valence-corrected chi connectivity index (χ1v) is 11.0. The molecule has 4 bridgehead atoms. The highest BCUT2D eigenvalue weighted by atomic mass is 16.7. The topological polar surface area (TPSA) is 44.8 Å². The summed E-state index contributed by atoms with van der Waals surface area (Å²) in [7, 11) is 0. The Hall–Kier alpha value is -0.610. The van der Waals surface area contributed by atoms with Gasteiger partial charge >= 0.3 is 5.97 Å². The summed E-state index contributed by atoms with van der Waals surface area (Å²) in [4.78, 5) is 12.5. The maximum absolute atomic E-state index is 12.5. The molecule has 27 heavy (non-hydrogen) atoms. The Morgan fingerprint density at radius 3 is 1.93 bits per heavy atom. The summed E-state index contributed by atoms with van der Waals surface area (Å²) in [5.74, 6) is 2.47. The third-order valence-corrected chi connectivity index (χ3v) is 7.10. The van der Waals surface area contributed by atoms with Crippen LogP contribution in [-0.2, 0) is 19.0 Å². The second kappa shape index (κ2) is 7.67. The highest BCUT2D eigenvalue weighted by Gasteiger charge is 2.51. The predicted molar refractivity (Wildman–Crippen MR) is 106 cm³/mol. The SMILES string of the molecule is CCC(C)(C)C(=O)OC(OCCOC12CC3CC(CC(C3)C1)C2)C(C)(C)C. The first kappa shape index (κ1) is 21.1. The van der Waals surface area contributed by atoms with Gasteiger partial charge in [0.25, 0.3) is 0 Å². The summed E-state index contributed by atoms with van der Waals surface area (Å²) < 4.78 is 18.2. The molecule has 4 aliphatic rings. The third kappa shape index (κ3) is 4.87. The van der Waals surface area contributed by atoms with Gasteiger partial charge in [0.1, 0.15) is 0 Å². The molecular weight excluding hydrogens is 340 g/mol. The molecule has 0 N–H and O–H groups in total. The van der Waals surface area contributed by atoms with Crippen LogP contribution in [-0.4, -0.2) is 31.1 Å². The van der Waals surface area contributed by atoms with E-state index >= 15 is 0 Å². The molecule has 4 rings (SSSR count). The van der Waals surface area contributed by atoms with Gasteiger partial charge in [0, 0.05) is 5.41 Å². The molecule has 156 valence electrons. The van der Waals surface area contributed by atoms with Crippen molar-refractivity contribution in [1.29, 1.82) is 0 Å². The van der Waals surface area contributed by atoms with Gasteiger partial charge in [-0.25, -0.2) is 0 Å². The Labute approximate surface area is 165 Å². The average molecular weight is 381 g/mol. The van der Waals surface area contributed by atoms with E-state index in [0.29, 0.717) is 13.2 Å². The third-order valence-electron chi connectivity index (χ3n) is 7.10. The normalized spacial score (nSPS) is 33.9. The molecule has 1 atom stereocenters. The fourth-order valence-electron chi connectivity index (χ4n) is 5.48. The van der Waals surface area contributed by atoms with Crippen LogP contribution in [0.5, 0.6) is 0 Å². The van der Waals surface area contributed by atoms with E-state index in [1.165, 1.54) is 38.5 Å². The monoisotopic (exact) mass is 380 g/mol. The number of ether oxygens (including phenoxy) is 3. The van der Waals surface area contributed by atoms with E-state index in [0.717, 1.165) is 24.2 Å². The molecule has 4 aliphatic carbocycles. The van der Waals surface area contributed by atoms with Crippen molar-refractivity contribution in [3.63, 3.8) is 0 Å². The summed E-state index contributed by atoms with van der Waals surface area (Å²) in [6, 6.07) is 0. The number of hydrogen-bond donors (Lipinski definition) is 0. The fraction of sp³-hybridized carbons (Fsp3) is 0.957. The van der Waals surface area contributed by atoms with Gasteiger partial charge in [-0.2, -0.15) is 0 Å². The van der Waals surface area contributed by atoms with Gasteiger partial charge in [-0.1, -0.05) is 27.7 Å². The standard InChI is InChI=1S/C23H40O4/c1-7-22(5,6)19(24)27-20(21(2,3)4)25-8-9-26-23-13-16-10-17(14-23)12-18(11-16)15-23/h16-18,20H,7-15H2,1-6H3. The molecule has 4 fully saturated rings. The molecule has 4 saturated carbocycles. The molecular formula is C23H40O4. The van der Waals surface area contributed by atoms with Crippen molar-refractivity contribution in [1.82, 2.24) is 0 Å². The lowest BCUT2D eigenvalue weighted by molar-refractivity contribution is -0.223. The Morgan fingerprint density at radius 2 is 1.48 bits per heavy atom. The zero-order chi connectivity index (χ0) is 19.9. The number of esters is 1. The Morgan fingerprint density at radius 1 is 0.963 bits per heavy atom. The minimum absolute atomic E-state index is 0.107. The summed E-state index contributed by atoms with van der Waals surface area (Å²) in [5, 5.41) is 0. The largest absolute Gasteiger partial charge is 0.435 e. The van der Waals surface area contributed by atoms with E-state index in [2.05, 4.69) is 0 Å². The first-order chi connectivity index (χ1) is 12.5. The minimum atomic E-state index is -0.546. The Kier molecular flexibility index (Phi) is 5.99. The molecule has 0 aromatic heterocycles. The maximum Gasteiger partial charge on any atom is 0.313 e. The lowest BCUT2D eigenvalue weighted by atomic mass is 9.54. The maximum atomic E-state index is 12.5. The van der Waals surface area contributed by atoms with Crippen LogP contribution >= 0.6 is 0 Å². The van der Waals surface area contributed by atoms with Crippen LogP contribution in [0.15, 0.2) is 0 Å². The smallest absolute Gasteiger partial charge is 0.313 e. The van der Waals surface area contributed by atoms with Crippen LogP contribution in [0, 0.1) is 28.6 Å². The molecule has 1 unspecified atom stereocenters. The molecule has 0 aliphatic heterocycles. The molecule has 4 nitrogen and oxygen atoms in total. The first-order valence-electron chi connectivity index (χ1n) is 11.0. The molecule has 4 heteroatoms. The van der Waals surface area contributed by atoms with Crippen LogP contribution < -0.4 is 0 Å². The Bertz CT molecular complexity index is 496. The molecule has 0 aromatic carbocycles.